The monoisotopic (exact) mass is 265 g/mol. The Morgan fingerprint density at radius 1 is 1.32 bits per heavy atom. The second kappa shape index (κ2) is 5.82. The molecule has 0 fully saturated rings. The highest BCUT2D eigenvalue weighted by Crippen LogP contribution is 2.41. The van der Waals surface area contributed by atoms with E-state index in [2.05, 4.69) is 5.32 Å². The largest absolute Gasteiger partial charge is 0.493 e. The molecular weight excluding hydrogens is 246 g/mol. The number of benzene rings is 1. The van der Waals surface area contributed by atoms with Crippen LogP contribution in [0.1, 0.15) is 24.0 Å². The molecule has 0 unspecified atom stereocenters. The van der Waals surface area contributed by atoms with Crippen molar-refractivity contribution in [1.29, 1.82) is 0 Å². The molecule has 1 aromatic rings. The first-order chi connectivity index (χ1) is 9.19. The summed E-state index contributed by atoms with van der Waals surface area (Å²) in [4.78, 5) is 11.2. The highest BCUT2D eigenvalue weighted by Gasteiger charge is 2.28. The standard InChI is InChI=1S/C14H19NO4/c1-4-19-14(16)15-8-10-5-9-6-12(17-2)13(18-3)7-11(9)10/h6-7,10H,4-5,8H2,1-3H3,(H,15,16)/t10-/m0/s1. The van der Waals surface area contributed by atoms with Crippen LogP contribution in [0.2, 0.25) is 0 Å². The Bertz CT molecular complexity index is 473. The van der Waals surface area contributed by atoms with Gasteiger partial charge in [-0.05, 0) is 36.6 Å². The quantitative estimate of drug-likeness (QED) is 0.885. The third-order valence-corrected chi connectivity index (χ3v) is 3.32. The Hall–Kier alpha value is -1.91. The maximum atomic E-state index is 11.2. The molecule has 1 amide bonds. The Morgan fingerprint density at radius 2 is 2.00 bits per heavy atom. The summed E-state index contributed by atoms with van der Waals surface area (Å²) < 4.78 is 15.4. The van der Waals surface area contributed by atoms with Crippen LogP contribution in [-0.2, 0) is 11.2 Å². The topological polar surface area (TPSA) is 56.8 Å². The summed E-state index contributed by atoms with van der Waals surface area (Å²) in [6.45, 7) is 2.76. The van der Waals surface area contributed by atoms with Crippen molar-refractivity contribution in [3.05, 3.63) is 23.3 Å². The summed E-state index contributed by atoms with van der Waals surface area (Å²) in [6.07, 6.45) is 0.568. The van der Waals surface area contributed by atoms with Crippen LogP contribution in [-0.4, -0.2) is 33.5 Å². The van der Waals surface area contributed by atoms with Gasteiger partial charge in [0.15, 0.2) is 11.5 Å². The average molecular weight is 265 g/mol. The van der Waals surface area contributed by atoms with Gasteiger partial charge in [0.1, 0.15) is 0 Å². The third kappa shape index (κ3) is 2.75. The molecule has 5 heteroatoms. The molecule has 0 aliphatic heterocycles. The Balaban J connectivity index is 2.00. The summed E-state index contributed by atoms with van der Waals surface area (Å²) in [5, 5.41) is 2.76. The van der Waals surface area contributed by atoms with Crippen LogP contribution in [0.25, 0.3) is 0 Å². The van der Waals surface area contributed by atoms with Crippen molar-refractivity contribution >= 4 is 6.09 Å². The molecule has 2 rings (SSSR count). The van der Waals surface area contributed by atoms with E-state index in [1.54, 1.807) is 21.1 Å². The summed E-state index contributed by atoms with van der Waals surface area (Å²) in [6, 6.07) is 3.98. The minimum Gasteiger partial charge on any atom is -0.493 e. The van der Waals surface area contributed by atoms with Gasteiger partial charge in [-0.25, -0.2) is 4.79 Å². The molecule has 104 valence electrons. The van der Waals surface area contributed by atoms with Crippen molar-refractivity contribution in [2.24, 2.45) is 0 Å². The van der Waals surface area contributed by atoms with E-state index in [-0.39, 0.29) is 6.09 Å². The summed E-state index contributed by atoms with van der Waals surface area (Å²) >= 11 is 0. The average Bonchev–Trinajstić information content (AvgIpc) is 2.39. The van der Waals surface area contributed by atoms with Crippen molar-refractivity contribution in [3.63, 3.8) is 0 Å². The molecule has 1 aromatic carbocycles. The first-order valence-electron chi connectivity index (χ1n) is 6.35. The summed E-state index contributed by atoms with van der Waals surface area (Å²) in [5.74, 6) is 1.79. The maximum Gasteiger partial charge on any atom is 0.407 e. The molecular formula is C14H19NO4. The molecule has 0 saturated carbocycles. The van der Waals surface area contributed by atoms with Gasteiger partial charge in [0.05, 0.1) is 20.8 Å². The van der Waals surface area contributed by atoms with Gasteiger partial charge < -0.3 is 19.5 Å². The van der Waals surface area contributed by atoms with Crippen LogP contribution in [0.15, 0.2) is 12.1 Å². The minimum absolute atomic E-state index is 0.319. The first kappa shape index (κ1) is 13.5. The number of hydrogen-bond acceptors (Lipinski definition) is 4. The number of carbonyl (C=O) groups is 1. The smallest absolute Gasteiger partial charge is 0.407 e. The van der Waals surface area contributed by atoms with Gasteiger partial charge in [-0.15, -0.1) is 0 Å². The molecule has 0 radical (unpaired) electrons. The predicted octanol–water partition coefficient (Wildman–Crippen LogP) is 2.09. The van der Waals surface area contributed by atoms with Crippen molar-refractivity contribution < 1.29 is 19.0 Å². The lowest BCUT2D eigenvalue weighted by molar-refractivity contribution is 0.151. The Kier molecular flexibility index (Phi) is 4.14. The number of nitrogens with one attached hydrogen (secondary N) is 1. The van der Waals surface area contributed by atoms with E-state index < -0.39 is 0 Å². The molecule has 0 heterocycles. The number of alkyl carbamates (subject to hydrolysis) is 1. The van der Waals surface area contributed by atoms with E-state index in [1.807, 2.05) is 12.1 Å². The fraction of sp³-hybridized carbons (Fsp3) is 0.500. The van der Waals surface area contributed by atoms with Crippen LogP contribution in [0.5, 0.6) is 11.5 Å². The van der Waals surface area contributed by atoms with Crippen LogP contribution in [0.4, 0.5) is 4.79 Å². The van der Waals surface area contributed by atoms with E-state index >= 15 is 0 Å². The number of fused-ring (bicyclic) bond motifs is 1. The van der Waals surface area contributed by atoms with Crippen LogP contribution < -0.4 is 14.8 Å². The van der Waals surface area contributed by atoms with Gasteiger partial charge in [-0.3, -0.25) is 0 Å². The molecule has 1 N–H and O–H groups in total. The van der Waals surface area contributed by atoms with E-state index in [9.17, 15) is 4.79 Å². The second-order valence-corrected chi connectivity index (χ2v) is 4.41. The molecule has 0 spiro atoms. The van der Waals surface area contributed by atoms with Crippen molar-refractivity contribution in [2.75, 3.05) is 27.4 Å². The van der Waals surface area contributed by atoms with Gasteiger partial charge in [0.25, 0.3) is 0 Å². The zero-order valence-electron chi connectivity index (χ0n) is 11.5. The van der Waals surface area contributed by atoms with E-state index in [1.165, 1.54) is 11.1 Å². The van der Waals surface area contributed by atoms with Gasteiger partial charge >= 0.3 is 6.09 Å². The van der Waals surface area contributed by atoms with E-state index in [4.69, 9.17) is 14.2 Å². The number of ether oxygens (including phenoxy) is 3. The fourth-order valence-corrected chi connectivity index (χ4v) is 2.31. The molecule has 1 aliphatic carbocycles. The van der Waals surface area contributed by atoms with Crippen LogP contribution >= 0.6 is 0 Å². The molecule has 19 heavy (non-hydrogen) atoms. The Labute approximate surface area is 112 Å². The maximum absolute atomic E-state index is 11.2. The zero-order valence-corrected chi connectivity index (χ0v) is 11.5. The molecule has 1 atom stereocenters. The van der Waals surface area contributed by atoms with E-state index in [0.717, 1.165) is 17.9 Å². The first-order valence-corrected chi connectivity index (χ1v) is 6.35. The fourth-order valence-electron chi connectivity index (χ4n) is 2.31. The number of carbonyl (C=O) groups excluding carboxylic acids is 1. The normalized spacial score (nSPS) is 16.1. The lowest BCUT2D eigenvalue weighted by atomic mass is 9.77. The number of methoxy groups -OCH3 is 2. The van der Waals surface area contributed by atoms with Gasteiger partial charge in [-0.1, -0.05) is 0 Å². The van der Waals surface area contributed by atoms with Crippen molar-refractivity contribution in [3.8, 4) is 11.5 Å². The Morgan fingerprint density at radius 3 is 2.63 bits per heavy atom. The summed E-state index contributed by atoms with van der Waals surface area (Å²) in [7, 11) is 3.25. The number of amides is 1. The predicted molar refractivity (Wildman–Crippen MR) is 71.0 cm³/mol. The number of hydrogen-bond donors (Lipinski definition) is 1. The molecule has 0 bridgehead atoms. The lowest BCUT2D eigenvalue weighted by Gasteiger charge is -2.31. The highest BCUT2D eigenvalue weighted by molar-refractivity contribution is 5.67. The summed E-state index contributed by atoms with van der Waals surface area (Å²) in [5.41, 5.74) is 2.45. The second-order valence-electron chi connectivity index (χ2n) is 4.41. The van der Waals surface area contributed by atoms with Crippen molar-refractivity contribution in [1.82, 2.24) is 5.32 Å². The molecule has 5 nitrogen and oxygen atoms in total. The van der Waals surface area contributed by atoms with Gasteiger partial charge in [-0.2, -0.15) is 0 Å². The van der Waals surface area contributed by atoms with Crippen molar-refractivity contribution in [2.45, 2.75) is 19.3 Å². The van der Waals surface area contributed by atoms with Crippen LogP contribution in [0.3, 0.4) is 0 Å². The van der Waals surface area contributed by atoms with Gasteiger partial charge in [0, 0.05) is 12.5 Å². The molecule has 1 aliphatic rings. The van der Waals surface area contributed by atoms with E-state index in [0.29, 0.717) is 19.1 Å². The van der Waals surface area contributed by atoms with Gasteiger partial charge in [0.2, 0.25) is 0 Å². The minimum atomic E-state index is -0.364. The third-order valence-electron chi connectivity index (χ3n) is 3.32. The zero-order chi connectivity index (χ0) is 13.8. The molecule has 0 aromatic heterocycles. The lowest BCUT2D eigenvalue weighted by Crippen LogP contribution is -2.33. The highest BCUT2D eigenvalue weighted by atomic mass is 16.5. The molecule has 0 saturated heterocycles. The van der Waals surface area contributed by atoms with Crippen LogP contribution in [0, 0.1) is 0 Å². The number of rotatable bonds is 5. The SMILES string of the molecule is CCOC(=O)NC[C@@H]1Cc2cc(OC)c(OC)cc21.